The monoisotopic (exact) mass is 257 g/mol. The third-order valence-electron chi connectivity index (χ3n) is 2.04. The molecule has 0 unspecified atom stereocenters. The van der Waals surface area contributed by atoms with Gasteiger partial charge in [-0.2, -0.15) is 5.26 Å². The number of hydrogen-bond donors (Lipinski definition) is 2. The molecule has 2 N–H and O–H groups in total. The lowest BCUT2D eigenvalue weighted by Gasteiger charge is -2.08. The fraction of sp³-hybridized carbons (Fsp3) is 0.300. The van der Waals surface area contributed by atoms with Gasteiger partial charge in [0.2, 0.25) is 10.0 Å². The van der Waals surface area contributed by atoms with Crippen molar-refractivity contribution in [1.82, 2.24) is 10.0 Å². The smallest absolute Gasteiger partial charge is 0.242 e. The molecule has 0 saturated carbocycles. The van der Waals surface area contributed by atoms with E-state index in [4.69, 9.17) is 5.26 Å². The minimum absolute atomic E-state index is 0.167. The highest BCUT2D eigenvalue weighted by Gasteiger charge is 2.20. The van der Waals surface area contributed by atoms with Crippen LogP contribution in [0.2, 0.25) is 0 Å². The van der Waals surface area contributed by atoms with E-state index in [0.717, 1.165) is 6.07 Å². The number of halogens is 1. The zero-order valence-electron chi connectivity index (χ0n) is 9.20. The topological polar surface area (TPSA) is 82.0 Å². The Bertz CT molecular complexity index is 537. The Balaban J connectivity index is 3.08. The zero-order chi connectivity index (χ0) is 12.9. The fourth-order valence-electron chi connectivity index (χ4n) is 1.22. The van der Waals surface area contributed by atoms with Gasteiger partial charge in [-0.25, -0.2) is 17.5 Å². The molecule has 1 aromatic carbocycles. The average molecular weight is 257 g/mol. The molecule has 0 aromatic heterocycles. The lowest BCUT2D eigenvalue weighted by atomic mass is 10.2. The van der Waals surface area contributed by atoms with E-state index < -0.39 is 21.4 Å². The molecule has 0 atom stereocenters. The summed E-state index contributed by atoms with van der Waals surface area (Å²) in [6.45, 7) is 0.608. The normalized spacial score (nSPS) is 11.1. The predicted molar refractivity (Wildman–Crippen MR) is 60.2 cm³/mol. The van der Waals surface area contributed by atoms with Gasteiger partial charge in [0.25, 0.3) is 0 Å². The molecule has 0 amide bonds. The van der Waals surface area contributed by atoms with Crippen LogP contribution in [0, 0.1) is 17.1 Å². The molecule has 0 fully saturated rings. The van der Waals surface area contributed by atoms with Crippen molar-refractivity contribution in [1.29, 1.82) is 5.26 Å². The zero-order valence-corrected chi connectivity index (χ0v) is 10.0. The summed E-state index contributed by atoms with van der Waals surface area (Å²) in [6.07, 6.45) is 0. The lowest BCUT2D eigenvalue weighted by molar-refractivity contribution is 0.574. The predicted octanol–water partition coefficient (Wildman–Crippen LogP) is 0.195. The van der Waals surface area contributed by atoms with Crippen molar-refractivity contribution in [2.24, 2.45) is 0 Å². The SMILES string of the molecule is CNCCNS(=O)(=O)c1cccc(F)c1C#N. The first kappa shape index (κ1) is 13.6. The Morgan fingerprint density at radius 1 is 1.41 bits per heavy atom. The van der Waals surface area contributed by atoms with E-state index in [1.54, 1.807) is 13.1 Å². The summed E-state index contributed by atoms with van der Waals surface area (Å²) < 4.78 is 39.1. The summed E-state index contributed by atoms with van der Waals surface area (Å²) in [5.74, 6) is -0.844. The number of hydrogen-bond acceptors (Lipinski definition) is 4. The van der Waals surface area contributed by atoms with E-state index in [1.807, 2.05) is 0 Å². The molecule has 1 aromatic rings. The Morgan fingerprint density at radius 3 is 2.71 bits per heavy atom. The molecule has 0 aliphatic rings. The summed E-state index contributed by atoms with van der Waals surface area (Å²) in [5, 5.41) is 11.5. The van der Waals surface area contributed by atoms with Gasteiger partial charge in [-0.1, -0.05) is 6.07 Å². The van der Waals surface area contributed by atoms with Gasteiger partial charge >= 0.3 is 0 Å². The Labute approximate surface area is 99.3 Å². The van der Waals surface area contributed by atoms with Crippen molar-refractivity contribution >= 4 is 10.0 Å². The van der Waals surface area contributed by atoms with Crippen molar-refractivity contribution in [2.75, 3.05) is 20.1 Å². The first-order chi connectivity index (χ1) is 8.03. The highest BCUT2D eigenvalue weighted by Crippen LogP contribution is 2.17. The third-order valence-corrected chi connectivity index (χ3v) is 3.55. The van der Waals surface area contributed by atoms with Gasteiger partial charge in [-0.05, 0) is 19.2 Å². The van der Waals surface area contributed by atoms with Crippen LogP contribution in [0.5, 0.6) is 0 Å². The maximum absolute atomic E-state index is 13.2. The maximum atomic E-state index is 13.2. The summed E-state index contributed by atoms with van der Waals surface area (Å²) in [6, 6.07) is 5.05. The molecule has 0 bridgehead atoms. The summed E-state index contributed by atoms with van der Waals surface area (Å²) in [4.78, 5) is -0.337. The molecule has 5 nitrogen and oxygen atoms in total. The molecule has 0 saturated heterocycles. The van der Waals surface area contributed by atoms with Gasteiger partial charge in [0.15, 0.2) is 0 Å². The van der Waals surface area contributed by atoms with Crippen LogP contribution in [0.4, 0.5) is 4.39 Å². The quantitative estimate of drug-likeness (QED) is 0.738. The van der Waals surface area contributed by atoms with Gasteiger partial charge in [-0.15, -0.1) is 0 Å². The van der Waals surface area contributed by atoms with Crippen LogP contribution in [0.25, 0.3) is 0 Å². The van der Waals surface area contributed by atoms with Crippen molar-refractivity contribution in [2.45, 2.75) is 4.90 Å². The van der Waals surface area contributed by atoms with Crippen molar-refractivity contribution < 1.29 is 12.8 Å². The summed E-state index contributed by atoms with van der Waals surface area (Å²) in [7, 11) is -2.17. The highest BCUT2D eigenvalue weighted by atomic mass is 32.2. The van der Waals surface area contributed by atoms with Crippen LogP contribution in [0.3, 0.4) is 0 Å². The number of nitrogens with one attached hydrogen (secondary N) is 2. The molecule has 17 heavy (non-hydrogen) atoms. The molecule has 1 rings (SSSR count). The Hall–Kier alpha value is -1.49. The van der Waals surface area contributed by atoms with Crippen molar-refractivity contribution in [3.8, 4) is 6.07 Å². The largest absolute Gasteiger partial charge is 0.318 e. The van der Waals surface area contributed by atoms with E-state index >= 15 is 0 Å². The molecular weight excluding hydrogens is 245 g/mol. The van der Waals surface area contributed by atoms with Crippen LogP contribution < -0.4 is 10.0 Å². The summed E-state index contributed by atoms with van der Waals surface area (Å²) >= 11 is 0. The second-order valence-corrected chi connectivity index (χ2v) is 4.96. The van der Waals surface area contributed by atoms with E-state index in [2.05, 4.69) is 10.0 Å². The maximum Gasteiger partial charge on any atom is 0.242 e. The molecule has 0 radical (unpaired) electrons. The van der Waals surface area contributed by atoms with Crippen molar-refractivity contribution in [3.63, 3.8) is 0 Å². The molecule has 0 aliphatic heterocycles. The van der Waals surface area contributed by atoms with E-state index in [-0.39, 0.29) is 11.4 Å². The molecule has 0 aliphatic carbocycles. The molecular formula is C10H12FN3O2S. The first-order valence-electron chi connectivity index (χ1n) is 4.86. The summed E-state index contributed by atoms with van der Waals surface area (Å²) in [5.41, 5.74) is -0.468. The van der Waals surface area contributed by atoms with E-state index in [0.29, 0.717) is 6.54 Å². The minimum atomic E-state index is -3.85. The standard InChI is InChI=1S/C10H12FN3O2S/c1-13-5-6-14-17(15,16)10-4-2-3-9(11)8(10)7-12/h2-4,13-14H,5-6H2,1H3. The van der Waals surface area contributed by atoms with Crippen molar-refractivity contribution in [3.05, 3.63) is 29.6 Å². The number of rotatable bonds is 5. The number of benzene rings is 1. The van der Waals surface area contributed by atoms with Gasteiger partial charge in [-0.3, -0.25) is 0 Å². The second kappa shape index (κ2) is 5.72. The molecule has 92 valence electrons. The number of sulfonamides is 1. The Morgan fingerprint density at radius 2 is 2.12 bits per heavy atom. The third kappa shape index (κ3) is 3.23. The van der Waals surface area contributed by atoms with Gasteiger partial charge in [0.1, 0.15) is 22.3 Å². The van der Waals surface area contributed by atoms with Gasteiger partial charge in [0, 0.05) is 13.1 Å². The second-order valence-electron chi connectivity index (χ2n) is 3.23. The molecule has 0 spiro atoms. The number of nitrogens with zero attached hydrogens (tertiary/aromatic N) is 1. The van der Waals surface area contributed by atoms with Crippen LogP contribution in [-0.4, -0.2) is 28.6 Å². The van der Waals surface area contributed by atoms with Crippen LogP contribution in [-0.2, 0) is 10.0 Å². The average Bonchev–Trinajstić information content (AvgIpc) is 2.29. The number of nitriles is 1. The molecule has 7 heteroatoms. The minimum Gasteiger partial charge on any atom is -0.318 e. The number of likely N-dealkylation sites (N-methyl/N-ethyl adjacent to an activating group) is 1. The van der Waals surface area contributed by atoms with Crippen LogP contribution in [0.15, 0.2) is 23.1 Å². The highest BCUT2D eigenvalue weighted by molar-refractivity contribution is 7.89. The first-order valence-corrected chi connectivity index (χ1v) is 6.34. The van der Waals surface area contributed by atoms with Gasteiger partial charge < -0.3 is 5.32 Å². The Kier molecular flexibility index (Phi) is 4.57. The van der Waals surface area contributed by atoms with Gasteiger partial charge in [0.05, 0.1) is 0 Å². The van der Waals surface area contributed by atoms with Crippen LogP contribution in [0.1, 0.15) is 5.56 Å². The van der Waals surface area contributed by atoms with E-state index in [1.165, 1.54) is 12.1 Å². The van der Waals surface area contributed by atoms with Crippen LogP contribution >= 0.6 is 0 Å². The molecule has 0 heterocycles. The van der Waals surface area contributed by atoms with E-state index in [9.17, 15) is 12.8 Å². The fourth-order valence-corrected chi connectivity index (χ4v) is 2.42. The lowest BCUT2D eigenvalue weighted by Crippen LogP contribution is -2.31.